The van der Waals surface area contributed by atoms with Crippen molar-refractivity contribution in [3.05, 3.63) is 0 Å². The number of hydrogen-bond acceptors (Lipinski definition) is 10. The second-order valence-electron chi connectivity index (χ2n) is 16.4. The second kappa shape index (κ2) is 11.0. The summed E-state index contributed by atoms with van der Waals surface area (Å²) in [5.41, 5.74) is -0.746. The SMILES string of the molecule is CC1(C)OCC(COC(=O)C23CC4CC(C2)C(=O)C(C4)C3)O1.CC1(C)OCC(COC(=O)C23CC4CC(C2)C(O)C(C4)C3)O1. The first-order valence-corrected chi connectivity index (χ1v) is 16.9. The summed E-state index contributed by atoms with van der Waals surface area (Å²) in [6.07, 6.45) is 8.42. The summed E-state index contributed by atoms with van der Waals surface area (Å²) in [5.74, 6) is 0.950. The normalized spacial score (nSPS) is 46.9. The van der Waals surface area contributed by atoms with Gasteiger partial charge in [-0.2, -0.15) is 0 Å². The predicted octanol–water partition coefficient (Wildman–Crippen LogP) is 3.94. The number of ether oxygens (including phenoxy) is 6. The Labute approximate surface area is 260 Å². The third-order valence-electron chi connectivity index (χ3n) is 12.0. The number of hydrogen-bond donors (Lipinski definition) is 1. The van der Waals surface area contributed by atoms with E-state index in [4.69, 9.17) is 28.4 Å². The minimum atomic E-state index is -0.593. The Bertz CT molecular complexity index is 1130. The average molecular weight is 619 g/mol. The van der Waals surface area contributed by atoms with E-state index >= 15 is 0 Å². The Kier molecular flexibility index (Phi) is 7.76. The van der Waals surface area contributed by atoms with Gasteiger partial charge in [0.25, 0.3) is 0 Å². The van der Waals surface area contributed by atoms with Crippen LogP contribution in [0.4, 0.5) is 0 Å². The molecular weight excluding hydrogens is 568 g/mol. The molecule has 8 bridgehead atoms. The monoisotopic (exact) mass is 618 g/mol. The highest BCUT2D eigenvalue weighted by Crippen LogP contribution is 2.61. The maximum atomic E-state index is 12.7. The van der Waals surface area contributed by atoms with Gasteiger partial charge in [0.15, 0.2) is 11.6 Å². The van der Waals surface area contributed by atoms with Gasteiger partial charge < -0.3 is 33.5 Å². The number of aliphatic hydroxyl groups is 1. The third kappa shape index (κ3) is 5.76. The van der Waals surface area contributed by atoms with Crippen LogP contribution in [-0.4, -0.2) is 79.1 Å². The van der Waals surface area contributed by atoms with Crippen molar-refractivity contribution in [3.8, 4) is 0 Å². The van der Waals surface area contributed by atoms with E-state index in [0.29, 0.717) is 55.5 Å². The molecule has 1 N–H and O–H groups in total. The molecule has 10 heteroatoms. The minimum Gasteiger partial charge on any atom is -0.462 e. The van der Waals surface area contributed by atoms with Crippen LogP contribution in [0.5, 0.6) is 0 Å². The van der Waals surface area contributed by atoms with Gasteiger partial charge in [-0.3, -0.25) is 14.4 Å². The van der Waals surface area contributed by atoms with Crippen molar-refractivity contribution in [2.24, 2.45) is 46.3 Å². The highest BCUT2D eigenvalue weighted by molar-refractivity contribution is 5.89. The van der Waals surface area contributed by atoms with Crippen molar-refractivity contribution in [3.63, 3.8) is 0 Å². The highest BCUT2D eigenvalue weighted by Gasteiger charge is 2.60. The van der Waals surface area contributed by atoms with Gasteiger partial charge in [-0.05, 0) is 116 Å². The van der Waals surface area contributed by atoms with Crippen LogP contribution in [0.15, 0.2) is 0 Å². The molecule has 8 saturated carbocycles. The molecule has 0 amide bonds. The first kappa shape index (κ1) is 31.0. The van der Waals surface area contributed by atoms with Gasteiger partial charge in [0.1, 0.15) is 31.2 Å². The Morgan fingerprint density at radius 3 is 1.57 bits per heavy atom. The molecule has 10 nitrogen and oxygen atoms in total. The molecule has 2 aliphatic heterocycles. The Hall–Kier alpha value is -1.59. The first-order valence-electron chi connectivity index (χ1n) is 16.9. The van der Waals surface area contributed by atoms with E-state index in [1.807, 2.05) is 27.7 Å². The van der Waals surface area contributed by atoms with Crippen molar-refractivity contribution < 1.29 is 47.9 Å². The van der Waals surface area contributed by atoms with Gasteiger partial charge in [0.2, 0.25) is 0 Å². The van der Waals surface area contributed by atoms with Crippen LogP contribution >= 0.6 is 0 Å². The van der Waals surface area contributed by atoms with Crippen LogP contribution in [-0.2, 0) is 42.8 Å². The van der Waals surface area contributed by atoms with Crippen LogP contribution < -0.4 is 0 Å². The van der Waals surface area contributed by atoms with E-state index in [-0.39, 0.29) is 60.7 Å². The zero-order valence-corrected chi connectivity index (χ0v) is 26.7. The van der Waals surface area contributed by atoms with E-state index in [1.165, 1.54) is 0 Å². The summed E-state index contributed by atoms with van der Waals surface area (Å²) >= 11 is 0. The number of rotatable bonds is 6. The molecule has 0 aromatic heterocycles. The van der Waals surface area contributed by atoms with Gasteiger partial charge >= 0.3 is 11.9 Å². The molecule has 2 saturated heterocycles. The van der Waals surface area contributed by atoms with Crippen molar-refractivity contribution in [2.45, 2.75) is 122 Å². The predicted molar refractivity (Wildman–Crippen MR) is 155 cm³/mol. The van der Waals surface area contributed by atoms with E-state index in [1.54, 1.807) is 0 Å². The zero-order chi connectivity index (χ0) is 31.1. The summed E-state index contributed by atoms with van der Waals surface area (Å²) in [6.45, 7) is 8.91. The van der Waals surface area contributed by atoms with Crippen LogP contribution in [0.25, 0.3) is 0 Å². The summed E-state index contributed by atoms with van der Waals surface area (Å²) in [6, 6.07) is 0. The lowest BCUT2D eigenvalue weighted by atomic mass is 9.48. The lowest BCUT2D eigenvalue weighted by molar-refractivity contribution is -0.189. The second-order valence-corrected chi connectivity index (χ2v) is 16.4. The molecular formula is C34H50O10. The molecule has 0 spiro atoms. The Balaban J connectivity index is 0.000000142. The lowest BCUT2D eigenvalue weighted by Gasteiger charge is -2.57. The molecule has 0 aromatic rings. The number of carbonyl (C=O) groups excluding carboxylic acids is 3. The van der Waals surface area contributed by atoms with E-state index in [9.17, 15) is 19.5 Å². The van der Waals surface area contributed by atoms with E-state index in [0.717, 1.165) is 51.4 Å². The maximum Gasteiger partial charge on any atom is 0.312 e. The topological polar surface area (TPSA) is 127 Å². The fourth-order valence-corrected chi connectivity index (χ4v) is 10.6. The molecule has 0 aromatic carbocycles. The Morgan fingerprint density at radius 1 is 0.705 bits per heavy atom. The molecule has 0 radical (unpaired) electrons. The molecule has 10 fully saturated rings. The minimum absolute atomic E-state index is 0.0768. The number of carbonyl (C=O) groups is 3. The summed E-state index contributed by atoms with van der Waals surface area (Å²) in [4.78, 5) is 37.6. The molecule has 246 valence electrons. The van der Waals surface area contributed by atoms with E-state index < -0.39 is 17.0 Å². The number of aliphatic hydroxyl groups excluding tert-OH is 1. The smallest absolute Gasteiger partial charge is 0.312 e. The molecule has 8 aliphatic carbocycles. The quantitative estimate of drug-likeness (QED) is 0.438. The number of esters is 2. The highest BCUT2D eigenvalue weighted by atomic mass is 16.8. The fraction of sp³-hybridized carbons (Fsp3) is 0.912. The van der Waals surface area contributed by atoms with Gasteiger partial charge in [0.05, 0.1) is 30.1 Å². The van der Waals surface area contributed by atoms with Crippen molar-refractivity contribution in [1.29, 1.82) is 0 Å². The molecule has 10 rings (SSSR count). The first-order chi connectivity index (χ1) is 20.7. The summed E-state index contributed by atoms with van der Waals surface area (Å²) < 4.78 is 33.6. The molecule has 10 aliphatic rings. The standard InChI is InChI=1S/C17H26O5.C17H24O5/c2*1-16(2)21-9-13(22-16)8-20-15(19)17-5-10-3-11(6-17)14(18)12(4-10)7-17/h10-14,18H,3-9H2,1-2H3;10-13H,3-9H2,1-2H3. The number of ketones is 1. The van der Waals surface area contributed by atoms with Gasteiger partial charge in [-0.25, -0.2) is 0 Å². The van der Waals surface area contributed by atoms with Gasteiger partial charge in [-0.1, -0.05) is 0 Å². The number of Topliss-reactive ketones (excluding diaryl/α,β-unsaturated/α-hetero) is 1. The van der Waals surface area contributed by atoms with Gasteiger partial charge in [0, 0.05) is 11.8 Å². The maximum absolute atomic E-state index is 12.7. The van der Waals surface area contributed by atoms with Crippen LogP contribution in [0.1, 0.15) is 91.9 Å². The molecule has 6 atom stereocenters. The van der Waals surface area contributed by atoms with Crippen LogP contribution in [0.2, 0.25) is 0 Å². The summed E-state index contributed by atoms with van der Waals surface area (Å²) in [7, 11) is 0. The lowest BCUT2D eigenvalue weighted by Crippen LogP contribution is -2.56. The third-order valence-corrected chi connectivity index (χ3v) is 12.0. The van der Waals surface area contributed by atoms with Crippen LogP contribution in [0.3, 0.4) is 0 Å². The summed E-state index contributed by atoms with van der Waals surface area (Å²) in [5, 5.41) is 10.3. The van der Waals surface area contributed by atoms with Crippen molar-refractivity contribution >= 4 is 17.7 Å². The fourth-order valence-electron chi connectivity index (χ4n) is 10.6. The molecule has 6 unspecified atom stereocenters. The molecule has 2 heterocycles. The van der Waals surface area contributed by atoms with Crippen LogP contribution in [0, 0.1) is 46.3 Å². The largest absolute Gasteiger partial charge is 0.462 e. The van der Waals surface area contributed by atoms with Crippen molar-refractivity contribution in [1.82, 2.24) is 0 Å². The zero-order valence-electron chi connectivity index (χ0n) is 26.7. The average Bonchev–Trinajstić information content (AvgIpc) is 3.50. The Morgan fingerprint density at radius 2 is 1.14 bits per heavy atom. The van der Waals surface area contributed by atoms with E-state index in [2.05, 4.69) is 0 Å². The molecule has 44 heavy (non-hydrogen) atoms. The van der Waals surface area contributed by atoms with Gasteiger partial charge in [-0.15, -0.1) is 0 Å². The van der Waals surface area contributed by atoms with Crippen molar-refractivity contribution in [2.75, 3.05) is 26.4 Å².